The summed E-state index contributed by atoms with van der Waals surface area (Å²) in [5.74, 6) is 0.639. The topological polar surface area (TPSA) is 38.7 Å². The minimum absolute atomic E-state index is 0.337. The van der Waals surface area contributed by atoms with Crippen molar-refractivity contribution in [3.63, 3.8) is 0 Å². The number of benzene rings is 4. The summed E-state index contributed by atoms with van der Waals surface area (Å²) < 4.78 is 27.0. The molecular formula is C27H17F2N3. The van der Waals surface area contributed by atoms with Crippen molar-refractivity contribution in [2.75, 3.05) is 0 Å². The number of hydrogen-bond acceptors (Lipinski definition) is 3. The Morgan fingerprint density at radius 3 is 1.34 bits per heavy atom. The molecule has 5 rings (SSSR count). The van der Waals surface area contributed by atoms with Crippen LogP contribution in [0.5, 0.6) is 0 Å². The fourth-order valence-electron chi connectivity index (χ4n) is 3.50. The maximum atomic E-state index is 13.5. The lowest BCUT2D eigenvalue weighted by molar-refractivity contribution is 0.627. The Bertz CT molecular complexity index is 1300. The Balaban J connectivity index is 1.72. The van der Waals surface area contributed by atoms with Gasteiger partial charge in [0.05, 0.1) is 0 Å². The number of rotatable bonds is 4. The summed E-state index contributed by atoms with van der Waals surface area (Å²) >= 11 is 0. The highest BCUT2D eigenvalue weighted by Crippen LogP contribution is 2.32. The van der Waals surface area contributed by atoms with E-state index in [0.717, 1.165) is 16.7 Å². The van der Waals surface area contributed by atoms with Crippen molar-refractivity contribution in [3.05, 3.63) is 115 Å². The number of halogens is 2. The molecule has 0 bridgehead atoms. The van der Waals surface area contributed by atoms with Crippen LogP contribution in [-0.2, 0) is 0 Å². The molecule has 0 amide bonds. The molecule has 0 radical (unpaired) electrons. The van der Waals surface area contributed by atoms with Gasteiger partial charge in [0, 0.05) is 16.7 Å². The van der Waals surface area contributed by atoms with Crippen LogP contribution in [0.25, 0.3) is 45.3 Å². The van der Waals surface area contributed by atoms with E-state index in [-0.39, 0.29) is 11.6 Å². The quantitative estimate of drug-likeness (QED) is 0.320. The highest BCUT2D eigenvalue weighted by molar-refractivity contribution is 5.81. The standard InChI is InChI=1S/C27H17F2N3/c28-21-14-10-19(11-15-21)25-30-26(20-12-16-22(29)17-13-20)32-27(31-25)24-9-5-4-8-23(24)18-6-2-1-3-7-18/h1-17H. The number of nitrogens with zero attached hydrogens (tertiary/aromatic N) is 3. The SMILES string of the molecule is Fc1ccc(-c2nc(-c3ccc(F)cc3)nc(-c3ccccc3-c3ccccc3)n2)cc1. The zero-order chi connectivity index (χ0) is 21.9. The molecule has 0 fully saturated rings. The monoisotopic (exact) mass is 421 g/mol. The molecule has 32 heavy (non-hydrogen) atoms. The van der Waals surface area contributed by atoms with E-state index in [0.29, 0.717) is 28.6 Å². The zero-order valence-electron chi connectivity index (χ0n) is 16.9. The molecule has 0 spiro atoms. The Morgan fingerprint density at radius 1 is 0.375 bits per heavy atom. The molecular weight excluding hydrogens is 404 g/mol. The van der Waals surface area contributed by atoms with Gasteiger partial charge in [0.1, 0.15) is 11.6 Å². The second-order valence-electron chi connectivity index (χ2n) is 7.23. The van der Waals surface area contributed by atoms with Crippen molar-refractivity contribution >= 4 is 0 Å². The van der Waals surface area contributed by atoms with Gasteiger partial charge in [-0.3, -0.25) is 0 Å². The molecule has 0 saturated carbocycles. The molecule has 5 heteroatoms. The van der Waals surface area contributed by atoms with Gasteiger partial charge >= 0.3 is 0 Å². The van der Waals surface area contributed by atoms with Crippen molar-refractivity contribution in [1.29, 1.82) is 0 Å². The second-order valence-corrected chi connectivity index (χ2v) is 7.23. The van der Waals surface area contributed by atoms with Gasteiger partial charge in [-0.25, -0.2) is 23.7 Å². The lowest BCUT2D eigenvalue weighted by atomic mass is 9.99. The smallest absolute Gasteiger partial charge is 0.164 e. The summed E-state index contributed by atoms with van der Waals surface area (Å²) in [6.07, 6.45) is 0. The fraction of sp³-hybridized carbons (Fsp3) is 0. The Kier molecular flexibility index (Phi) is 5.22. The molecule has 0 aliphatic heterocycles. The summed E-state index contributed by atoms with van der Waals surface area (Å²) in [4.78, 5) is 14.0. The first kappa shape index (κ1) is 19.7. The van der Waals surface area contributed by atoms with E-state index in [1.807, 2.05) is 54.6 Å². The Labute approximate surface area is 184 Å². The summed E-state index contributed by atoms with van der Waals surface area (Å²) in [6.45, 7) is 0. The van der Waals surface area contributed by atoms with Gasteiger partial charge in [0.25, 0.3) is 0 Å². The van der Waals surface area contributed by atoms with Gasteiger partial charge in [-0.05, 0) is 59.7 Å². The van der Waals surface area contributed by atoms with Gasteiger partial charge in [-0.15, -0.1) is 0 Å². The van der Waals surface area contributed by atoms with E-state index in [4.69, 9.17) is 9.97 Å². The first-order valence-electron chi connectivity index (χ1n) is 10.1. The molecule has 5 aromatic rings. The predicted octanol–water partition coefficient (Wildman–Crippen LogP) is 6.82. The van der Waals surface area contributed by atoms with Crippen LogP contribution < -0.4 is 0 Å². The van der Waals surface area contributed by atoms with Crippen molar-refractivity contribution in [1.82, 2.24) is 15.0 Å². The first-order chi connectivity index (χ1) is 15.7. The van der Waals surface area contributed by atoms with E-state index in [1.165, 1.54) is 24.3 Å². The van der Waals surface area contributed by atoms with Gasteiger partial charge in [0.2, 0.25) is 0 Å². The maximum Gasteiger partial charge on any atom is 0.164 e. The summed E-state index contributed by atoms with van der Waals surface area (Å²) in [6, 6.07) is 29.9. The lowest BCUT2D eigenvalue weighted by Gasteiger charge is -2.12. The third-order valence-corrected chi connectivity index (χ3v) is 5.09. The van der Waals surface area contributed by atoms with Crippen molar-refractivity contribution in [2.45, 2.75) is 0 Å². The highest BCUT2D eigenvalue weighted by Gasteiger charge is 2.15. The zero-order valence-corrected chi connectivity index (χ0v) is 16.9. The van der Waals surface area contributed by atoms with Crippen LogP contribution in [0.1, 0.15) is 0 Å². The molecule has 1 aromatic heterocycles. The Hall–Kier alpha value is -4.25. The van der Waals surface area contributed by atoms with Crippen molar-refractivity contribution < 1.29 is 8.78 Å². The normalized spacial score (nSPS) is 10.8. The molecule has 154 valence electrons. The minimum Gasteiger partial charge on any atom is -0.208 e. The van der Waals surface area contributed by atoms with Gasteiger partial charge in [-0.2, -0.15) is 0 Å². The van der Waals surface area contributed by atoms with Crippen LogP contribution in [0.2, 0.25) is 0 Å². The summed E-state index contributed by atoms with van der Waals surface area (Å²) in [7, 11) is 0. The molecule has 0 atom stereocenters. The van der Waals surface area contributed by atoms with Crippen LogP contribution in [0.3, 0.4) is 0 Å². The third-order valence-electron chi connectivity index (χ3n) is 5.09. The highest BCUT2D eigenvalue weighted by atomic mass is 19.1. The number of hydrogen-bond donors (Lipinski definition) is 0. The minimum atomic E-state index is -0.337. The molecule has 4 aromatic carbocycles. The third kappa shape index (κ3) is 4.01. The summed E-state index contributed by atoms with van der Waals surface area (Å²) in [5.41, 5.74) is 4.18. The van der Waals surface area contributed by atoms with Gasteiger partial charge in [0.15, 0.2) is 17.5 Å². The largest absolute Gasteiger partial charge is 0.208 e. The average Bonchev–Trinajstić information content (AvgIpc) is 2.85. The van der Waals surface area contributed by atoms with Crippen LogP contribution in [0, 0.1) is 11.6 Å². The molecule has 0 unspecified atom stereocenters. The molecule has 3 nitrogen and oxygen atoms in total. The molecule has 0 aliphatic carbocycles. The van der Waals surface area contributed by atoms with E-state index in [9.17, 15) is 8.78 Å². The van der Waals surface area contributed by atoms with E-state index in [2.05, 4.69) is 4.98 Å². The average molecular weight is 421 g/mol. The molecule has 0 aliphatic rings. The van der Waals surface area contributed by atoms with Crippen molar-refractivity contribution in [2.24, 2.45) is 0 Å². The van der Waals surface area contributed by atoms with Gasteiger partial charge < -0.3 is 0 Å². The number of aromatic nitrogens is 3. The van der Waals surface area contributed by atoms with Crippen LogP contribution in [0.4, 0.5) is 8.78 Å². The van der Waals surface area contributed by atoms with Gasteiger partial charge in [-0.1, -0.05) is 54.6 Å². The molecule has 1 heterocycles. The lowest BCUT2D eigenvalue weighted by Crippen LogP contribution is -2.01. The van der Waals surface area contributed by atoms with E-state index in [1.54, 1.807) is 24.3 Å². The van der Waals surface area contributed by atoms with Crippen LogP contribution >= 0.6 is 0 Å². The molecule has 0 N–H and O–H groups in total. The van der Waals surface area contributed by atoms with Crippen LogP contribution in [0.15, 0.2) is 103 Å². The second kappa shape index (κ2) is 8.47. The molecule has 0 saturated heterocycles. The van der Waals surface area contributed by atoms with Crippen LogP contribution in [-0.4, -0.2) is 15.0 Å². The van der Waals surface area contributed by atoms with E-state index >= 15 is 0 Å². The first-order valence-corrected chi connectivity index (χ1v) is 10.1. The Morgan fingerprint density at radius 2 is 0.812 bits per heavy atom. The fourth-order valence-corrected chi connectivity index (χ4v) is 3.50. The maximum absolute atomic E-state index is 13.5. The summed E-state index contributed by atoms with van der Waals surface area (Å²) in [5, 5.41) is 0. The van der Waals surface area contributed by atoms with E-state index < -0.39 is 0 Å². The predicted molar refractivity (Wildman–Crippen MR) is 121 cm³/mol. The van der Waals surface area contributed by atoms with Crippen molar-refractivity contribution in [3.8, 4) is 45.3 Å².